The Balaban J connectivity index is 2.67. The first-order valence-electron chi connectivity index (χ1n) is 4.24. The van der Waals surface area contributed by atoms with Gasteiger partial charge in [0.15, 0.2) is 6.61 Å². The predicted octanol–water partition coefficient (Wildman–Crippen LogP) is 0.420. The Morgan fingerprint density at radius 2 is 2.44 bits per heavy atom. The smallest absolute Gasteiger partial charge is 0.407 e. The lowest BCUT2D eigenvalue weighted by Gasteiger charge is -1.98. The van der Waals surface area contributed by atoms with Gasteiger partial charge < -0.3 is 15.8 Å². The van der Waals surface area contributed by atoms with Crippen LogP contribution in [-0.2, 0) is 4.74 Å². The minimum absolute atomic E-state index is 0.0651. The summed E-state index contributed by atoms with van der Waals surface area (Å²) in [7, 11) is 1.45. The highest BCUT2D eigenvalue weighted by Crippen LogP contribution is 2.14. The van der Waals surface area contributed by atoms with Gasteiger partial charge in [0.1, 0.15) is 22.9 Å². The standard InChI is InChI=1S/C9H9ClN4O2/c1-12-9(15)16-4-2-3-6-7(10)13-5-14-8(6)11/h5H,4H2,1H3,(H,12,15)(H2,11,13,14). The first-order chi connectivity index (χ1) is 7.65. The van der Waals surface area contributed by atoms with E-state index in [2.05, 4.69) is 31.9 Å². The number of hydrogen-bond donors (Lipinski definition) is 2. The molecule has 16 heavy (non-hydrogen) atoms. The zero-order chi connectivity index (χ0) is 12.0. The highest BCUT2D eigenvalue weighted by atomic mass is 35.5. The van der Waals surface area contributed by atoms with E-state index >= 15 is 0 Å². The van der Waals surface area contributed by atoms with Crippen molar-refractivity contribution in [3.63, 3.8) is 0 Å². The van der Waals surface area contributed by atoms with E-state index in [0.29, 0.717) is 5.56 Å². The molecule has 3 N–H and O–H groups in total. The lowest BCUT2D eigenvalue weighted by Crippen LogP contribution is -2.19. The van der Waals surface area contributed by atoms with Gasteiger partial charge in [-0.3, -0.25) is 0 Å². The van der Waals surface area contributed by atoms with Gasteiger partial charge in [-0.15, -0.1) is 0 Å². The third kappa shape index (κ3) is 3.29. The third-order valence-electron chi connectivity index (χ3n) is 1.52. The molecule has 0 spiro atoms. The molecule has 7 heteroatoms. The Hall–Kier alpha value is -2.00. The molecule has 0 bridgehead atoms. The molecule has 0 aliphatic carbocycles. The van der Waals surface area contributed by atoms with Gasteiger partial charge in [-0.1, -0.05) is 23.4 Å². The quantitative estimate of drug-likeness (QED) is 0.548. The second-order valence-electron chi connectivity index (χ2n) is 2.55. The largest absolute Gasteiger partial charge is 0.436 e. The topological polar surface area (TPSA) is 90.1 Å². The summed E-state index contributed by atoms with van der Waals surface area (Å²) in [4.78, 5) is 18.1. The van der Waals surface area contributed by atoms with Crippen molar-refractivity contribution in [3.05, 3.63) is 17.0 Å². The van der Waals surface area contributed by atoms with Crippen molar-refractivity contribution in [2.45, 2.75) is 0 Å². The number of amides is 1. The summed E-state index contributed by atoms with van der Waals surface area (Å²) in [5.74, 6) is 5.38. The number of nitrogens with two attached hydrogens (primary N) is 1. The maximum Gasteiger partial charge on any atom is 0.407 e. The molecule has 1 heterocycles. The van der Waals surface area contributed by atoms with Crippen LogP contribution in [0.2, 0.25) is 5.15 Å². The molecule has 0 unspecified atom stereocenters. The molecular formula is C9H9ClN4O2. The fourth-order valence-corrected chi connectivity index (χ4v) is 0.978. The van der Waals surface area contributed by atoms with Crippen LogP contribution in [0.25, 0.3) is 0 Å². The van der Waals surface area contributed by atoms with Crippen LogP contribution < -0.4 is 11.1 Å². The van der Waals surface area contributed by atoms with Crippen LogP contribution in [0, 0.1) is 11.8 Å². The normalized spacial score (nSPS) is 8.88. The number of ether oxygens (including phenoxy) is 1. The van der Waals surface area contributed by atoms with E-state index in [0.717, 1.165) is 0 Å². The summed E-state index contributed by atoms with van der Waals surface area (Å²) in [6.45, 7) is -0.0651. The number of carbonyl (C=O) groups is 1. The van der Waals surface area contributed by atoms with Crippen LogP contribution in [0.1, 0.15) is 5.56 Å². The van der Waals surface area contributed by atoms with Gasteiger partial charge >= 0.3 is 6.09 Å². The minimum atomic E-state index is -0.558. The molecule has 1 rings (SSSR count). The SMILES string of the molecule is CNC(=O)OCC#Cc1c(N)ncnc1Cl. The van der Waals surface area contributed by atoms with Crippen molar-refractivity contribution in [1.29, 1.82) is 0 Å². The highest BCUT2D eigenvalue weighted by molar-refractivity contribution is 6.30. The fourth-order valence-electron chi connectivity index (χ4n) is 0.790. The van der Waals surface area contributed by atoms with Crippen molar-refractivity contribution in [1.82, 2.24) is 15.3 Å². The Morgan fingerprint density at radius 3 is 3.06 bits per heavy atom. The molecule has 0 saturated carbocycles. The maximum absolute atomic E-state index is 10.7. The van der Waals surface area contributed by atoms with Gasteiger partial charge in [-0.2, -0.15) is 0 Å². The molecule has 1 aromatic rings. The van der Waals surface area contributed by atoms with Gasteiger partial charge in [-0.05, 0) is 0 Å². The van der Waals surface area contributed by atoms with Crippen molar-refractivity contribution in [2.75, 3.05) is 19.4 Å². The summed E-state index contributed by atoms with van der Waals surface area (Å²) >= 11 is 5.74. The summed E-state index contributed by atoms with van der Waals surface area (Å²) in [5, 5.41) is 2.45. The molecule has 0 radical (unpaired) electrons. The minimum Gasteiger partial charge on any atom is -0.436 e. The highest BCUT2D eigenvalue weighted by Gasteiger charge is 2.03. The summed E-state index contributed by atoms with van der Waals surface area (Å²) in [6, 6.07) is 0. The fraction of sp³-hybridized carbons (Fsp3) is 0.222. The number of rotatable bonds is 1. The maximum atomic E-state index is 10.7. The van der Waals surface area contributed by atoms with Crippen molar-refractivity contribution in [3.8, 4) is 11.8 Å². The predicted molar refractivity (Wildman–Crippen MR) is 58.7 cm³/mol. The van der Waals surface area contributed by atoms with E-state index in [1.54, 1.807) is 0 Å². The number of nitrogen functional groups attached to an aromatic ring is 1. The first-order valence-corrected chi connectivity index (χ1v) is 4.62. The number of halogens is 1. The molecule has 1 amide bonds. The van der Waals surface area contributed by atoms with Gasteiger partial charge in [0.05, 0.1) is 0 Å². The van der Waals surface area contributed by atoms with Crippen LogP contribution in [0.4, 0.5) is 10.6 Å². The van der Waals surface area contributed by atoms with E-state index in [1.165, 1.54) is 13.4 Å². The van der Waals surface area contributed by atoms with Crippen molar-refractivity contribution >= 4 is 23.5 Å². The molecule has 0 aromatic carbocycles. The molecule has 84 valence electrons. The van der Waals surface area contributed by atoms with Crippen LogP contribution in [0.3, 0.4) is 0 Å². The average Bonchev–Trinajstić information content (AvgIpc) is 2.27. The second kappa shape index (κ2) is 5.78. The molecule has 0 fully saturated rings. The number of nitrogens with zero attached hydrogens (tertiary/aromatic N) is 2. The van der Waals surface area contributed by atoms with Gasteiger partial charge in [0.2, 0.25) is 0 Å². The number of alkyl carbamates (subject to hydrolysis) is 1. The lowest BCUT2D eigenvalue weighted by molar-refractivity contribution is 0.162. The Kier molecular flexibility index (Phi) is 4.36. The number of anilines is 1. The summed E-state index contributed by atoms with van der Waals surface area (Å²) in [5.41, 5.74) is 5.86. The monoisotopic (exact) mass is 240 g/mol. The molecule has 0 aliphatic heterocycles. The Morgan fingerprint density at radius 1 is 1.69 bits per heavy atom. The Labute approximate surface area is 97.2 Å². The van der Waals surface area contributed by atoms with E-state index in [1.807, 2.05) is 0 Å². The van der Waals surface area contributed by atoms with Crippen LogP contribution in [-0.4, -0.2) is 29.7 Å². The van der Waals surface area contributed by atoms with Crippen LogP contribution in [0.5, 0.6) is 0 Å². The molecule has 0 saturated heterocycles. The van der Waals surface area contributed by atoms with Crippen molar-refractivity contribution < 1.29 is 9.53 Å². The third-order valence-corrected chi connectivity index (χ3v) is 1.81. The molecule has 1 aromatic heterocycles. The van der Waals surface area contributed by atoms with Crippen LogP contribution in [0.15, 0.2) is 6.33 Å². The zero-order valence-electron chi connectivity index (χ0n) is 8.45. The molecule has 0 atom stereocenters. The summed E-state index contributed by atoms with van der Waals surface area (Å²) in [6.07, 6.45) is 0.682. The zero-order valence-corrected chi connectivity index (χ0v) is 9.21. The van der Waals surface area contributed by atoms with Gasteiger partial charge in [-0.25, -0.2) is 14.8 Å². The number of aromatic nitrogens is 2. The first kappa shape index (κ1) is 12.1. The number of nitrogens with one attached hydrogen (secondary N) is 1. The second-order valence-corrected chi connectivity index (χ2v) is 2.91. The number of hydrogen-bond acceptors (Lipinski definition) is 5. The van der Waals surface area contributed by atoms with Gasteiger partial charge in [0, 0.05) is 7.05 Å². The Bertz CT molecular complexity index is 432. The molecule has 6 nitrogen and oxygen atoms in total. The molecule has 0 aliphatic rings. The van der Waals surface area contributed by atoms with E-state index in [-0.39, 0.29) is 17.6 Å². The van der Waals surface area contributed by atoms with E-state index < -0.39 is 6.09 Å². The molecular weight excluding hydrogens is 232 g/mol. The van der Waals surface area contributed by atoms with Crippen LogP contribution >= 0.6 is 11.6 Å². The average molecular weight is 241 g/mol. The lowest BCUT2D eigenvalue weighted by atomic mass is 10.3. The van der Waals surface area contributed by atoms with Gasteiger partial charge in [0.25, 0.3) is 0 Å². The van der Waals surface area contributed by atoms with Crippen molar-refractivity contribution in [2.24, 2.45) is 0 Å². The summed E-state index contributed by atoms with van der Waals surface area (Å²) < 4.78 is 4.64. The number of carbonyl (C=O) groups excluding carboxylic acids is 1. The van der Waals surface area contributed by atoms with E-state index in [4.69, 9.17) is 17.3 Å². The van der Waals surface area contributed by atoms with E-state index in [9.17, 15) is 4.79 Å².